The van der Waals surface area contributed by atoms with Crippen LogP contribution in [0.4, 0.5) is 0 Å². The maximum Gasteiger partial charge on any atom is 0.234 e. The fraction of sp³-hybridized carbons (Fsp3) is 0.300. The quantitative estimate of drug-likeness (QED) is 0.732. The molecular formula is C10H13NOS. The van der Waals surface area contributed by atoms with Gasteiger partial charge in [-0.25, -0.2) is 0 Å². The van der Waals surface area contributed by atoms with E-state index >= 15 is 0 Å². The van der Waals surface area contributed by atoms with E-state index in [0.29, 0.717) is 5.75 Å². The molecule has 0 aliphatic carbocycles. The SMILES string of the molecule is C=C/C=C1/SCC(=O)N/C1=C/CC. The van der Waals surface area contributed by atoms with Crippen molar-refractivity contribution in [3.8, 4) is 0 Å². The molecule has 1 fully saturated rings. The molecule has 0 aromatic heterocycles. The maximum absolute atomic E-state index is 11.1. The minimum absolute atomic E-state index is 0.0749. The van der Waals surface area contributed by atoms with Crippen molar-refractivity contribution in [2.24, 2.45) is 0 Å². The summed E-state index contributed by atoms with van der Waals surface area (Å²) in [6.45, 7) is 5.68. The van der Waals surface area contributed by atoms with E-state index < -0.39 is 0 Å². The number of hydrogen-bond donors (Lipinski definition) is 1. The van der Waals surface area contributed by atoms with Crippen LogP contribution < -0.4 is 5.32 Å². The summed E-state index contributed by atoms with van der Waals surface area (Å²) < 4.78 is 0. The van der Waals surface area contributed by atoms with Crippen LogP contribution in [0.15, 0.2) is 35.4 Å². The average molecular weight is 195 g/mol. The third-order valence-electron chi connectivity index (χ3n) is 1.58. The Hall–Kier alpha value is -0.960. The smallest absolute Gasteiger partial charge is 0.234 e. The molecule has 0 bridgehead atoms. The molecule has 13 heavy (non-hydrogen) atoms. The Morgan fingerprint density at radius 3 is 3.08 bits per heavy atom. The van der Waals surface area contributed by atoms with Gasteiger partial charge in [-0.15, -0.1) is 11.8 Å². The Bertz CT molecular complexity index is 279. The molecule has 0 aromatic rings. The summed E-state index contributed by atoms with van der Waals surface area (Å²) in [6, 6.07) is 0. The molecule has 1 saturated heterocycles. The first-order valence-corrected chi connectivity index (χ1v) is 5.22. The number of carbonyl (C=O) groups is 1. The Balaban J connectivity index is 2.84. The van der Waals surface area contributed by atoms with Crippen molar-refractivity contribution in [1.29, 1.82) is 0 Å². The molecule has 2 nitrogen and oxygen atoms in total. The van der Waals surface area contributed by atoms with Crippen molar-refractivity contribution in [3.05, 3.63) is 35.4 Å². The number of rotatable bonds is 2. The van der Waals surface area contributed by atoms with Gasteiger partial charge in [0.25, 0.3) is 0 Å². The summed E-state index contributed by atoms with van der Waals surface area (Å²) in [5, 5.41) is 2.84. The summed E-state index contributed by atoms with van der Waals surface area (Å²) in [6.07, 6.45) is 6.60. The molecule has 3 heteroatoms. The van der Waals surface area contributed by atoms with Gasteiger partial charge in [-0.3, -0.25) is 4.79 Å². The van der Waals surface area contributed by atoms with E-state index in [2.05, 4.69) is 11.9 Å². The molecule has 1 aliphatic heterocycles. The average Bonchev–Trinajstić information content (AvgIpc) is 2.10. The minimum atomic E-state index is 0.0749. The van der Waals surface area contributed by atoms with Crippen molar-refractivity contribution in [2.75, 3.05) is 5.75 Å². The Kier molecular flexibility index (Phi) is 3.83. The van der Waals surface area contributed by atoms with Crippen LogP contribution in [0, 0.1) is 0 Å². The van der Waals surface area contributed by atoms with Crippen LogP contribution in [0.1, 0.15) is 13.3 Å². The number of allylic oxidation sites excluding steroid dienone is 3. The molecule has 0 spiro atoms. The minimum Gasteiger partial charge on any atom is -0.325 e. The standard InChI is InChI=1S/C10H13NOS/c1-3-5-8-9(6-4-2)13-7-10(12)11-8/h4-6H,2-3,7H2,1H3,(H,11,12)/b8-5+,9-6+. The molecule has 0 unspecified atom stereocenters. The lowest BCUT2D eigenvalue weighted by Gasteiger charge is -2.18. The van der Waals surface area contributed by atoms with Gasteiger partial charge in [-0.05, 0) is 12.5 Å². The van der Waals surface area contributed by atoms with Crippen LogP contribution in [-0.4, -0.2) is 11.7 Å². The highest BCUT2D eigenvalue weighted by atomic mass is 32.2. The van der Waals surface area contributed by atoms with Crippen LogP contribution in [-0.2, 0) is 4.79 Å². The molecule has 0 atom stereocenters. The fourth-order valence-electron chi connectivity index (χ4n) is 1.07. The van der Waals surface area contributed by atoms with Gasteiger partial charge in [-0.2, -0.15) is 0 Å². The number of amides is 1. The summed E-state index contributed by atoms with van der Waals surface area (Å²) in [5.41, 5.74) is 0.920. The van der Waals surface area contributed by atoms with E-state index in [0.717, 1.165) is 17.0 Å². The number of thioether (sulfide) groups is 1. The number of carbonyl (C=O) groups excluding carboxylic acids is 1. The molecule has 0 radical (unpaired) electrons. The lowest BCUT2D eigenvalue weighted by molar-refractivity contribution is -0.117. The van der Waals surface area contributed by atoms with Gasteiger partial charge in [0, 0.05) is 4.91 Å². The highest BCUT2D eigenvalue weighted by Gasteiger charge is 2.16. The predicted octanol–water partition coefficient (Wildman–Crippen LogP) is 2.21. The summed E-state index contributed by atoms with van der Waals surface area (Å²) in [7, 11) is 0. The van der Waals surface area contributed by atoms with Gasteiger partial charge in [0.15, 0.2) is 0 Å². The summed E-state index contributed by atoms with van der Waals surface area (Å²) in [4.78, 5) is 12.2. The van der Waals surface area contributed by atoms with E-state index in [1.54, 1.807) is 17.8 Å². The van der Waals surface area contributed by atoms with E-state index in [9.17, 15) is 4.79 Å². The van der Waals surface area contributed by atoms with E-state index in [-0.39, 0.29) is 5.91 Å². The highest BCUT2D eigenvalue weighted by molar-refractivity contribution is 8.04. The third kappa shape index (κ3) is 2.77. The van der Waals surface area contributed by atoms with E-state index in [1.807, 2.05) is 19.1 Å². The molecule has 1 rings (SSSR count). The predicted molar refractivity (Wildman–Crippen MR) is 57.3 cm³/mol. The lowest BCUT2D eigenvalue weighted by atomic mass is 10.3. The summed E-state index contributed by atoms with van der Waals surface area (Å²) in [5.74, 6) is 0.576. The topological polar surface area (TPSA) is 29.1 Å². The molecule has 1 amide bonds. The Morgan fingerprint density at radius 1 is 1.69 bits per heavy atom. The zero-order valence-corrected chi connectivity index (χ0v) is 8.49. The first kappa shape index (κ1) is 10.1. The van der Waals surface area contributed by atoms with E-state index in [1.165, 1.54) is 0 Å². The second kappa shape index (κ2) is 4.92. The van der Waals surface area contributed by atoms with Gasteiger partial charge in [-0.1, -0.05) is 25.7 Å². The molecule has 1 heterocycles. The molecule has 0 aromatic carbocycles. The lowest BCUT2D eigenvalue weighted by Crippen LogP contribution is -2.29. The summed E-state index contributed by atoms with van der Waals surface area (Å²) >= 11 is 1.55. The van der Waals surface area contributed by atoms with Crippen molar-refractivity contribution in [1.82, 2.24) is 5.32 Å². The maximum atomic E-state index is 11.1. The highest BCUT2D eigenvalue weighted by Crippen LogP contribution is 2.26. The van der Waals surface area contributed by atoms with Crippen LogP contribution in [0.3, 0.4) is 0 Å². The third-order valence-corrected chi connectivity index (χ3v) is 2.65. The zero-order chi connectivity index (χ0) is 9.68. The van der Waals surface area contributed by atoms with Gasteiger partial charge < -0.3 is 5.32 Å². The van der Waals surface area contributed by atoms with Crippen molar-refractivity contribution >= 4 is 17.7 Å². The molecule has 1 aliphatic rings. The molecule has 0 saturated carbocycles. The monoisotopic (exact) mass is 195 g/mol. The van der Waals surface area contributed by atoms with Crippen LogP contribution in [0.25, 0.3) is 0 Å². The first-order valence-electron chi connectivity index (χ1n) is 4.23. The van der Waals surface area contributed by atoms with E-state index in [4.69, 9.17) is 0 Å². The van der Waals surface area contributed by atoms with Gasteiger partial charge in [0.05, 0.1) is 11.4 Å². The zero-order valence-electron chi connectivity index (χ0n) is 7.67. The largest absolute Gasteiger partial charge is 0.325 e. The number of nitrogens with one attached hydrogen (secondary N) is 1. The van der Waals surface area contributed by atoms with Crippen LogP contribution >= 0.6 is 11.8 Å². The first-order chi connectivity index (χ1) is 6.27. The van der Waals surface area contributed by atoms with Crippen molar-refractivity contribution in [3.63, 3.8) is 0 Å². The molecular weight excluding hydrogens is 182 g/mol. The second-order valence-corrected chi connectivity index (χ2v) is 3.65. The van der Waals surface area contributed by atoms with Crippen molar-refractivity contribution in [2.45, 2.75) is 13.3 Å². The number of hydrogen-bond acceptors (Lipinski definition) is 2. The van der Waals surface area contributed by atoms with Gasteiger partial charge >= 0.3 is 0 Å². The Labute approximate surface area is 82.8 Å². The molecule has 70 valence electrons. The fourth-order valence-corrected chi connectivity index (χ4v) is 1.91. The van der Waals surface area contributed by atoms with Crippen LogP contribution in [0.5, 0.6) is 0 Å². The van der Waals surface area contributed by atoms with Gasteiger partial charge in [0.2, 0.25) is 5.91 Å². The second-order valence-electron chi connectivity index (χ2n) is 2.63. The van der Waals surface area contributed by atoms with Crippen molar-refractivity contribution < 1.29 is 4.79 Å². The van der Waals surface area contributed by atoms with Crippen LogP contribution in [0.2, 0.25) is 0 Å². The van der Waals surface area contributed by atoms with Gasteiger partial charge in [0.1, 0.15) is 0 Å². The Morgan fingerprint density at radius 2 is 2.46 bits per heavy atom. The normalized spacial score (nSPS) is 23.3. The molecule has 1 N–H and O–H groups in total.